The Morgan fingerprint density at radius 2 is 1.76 bits per heavy atom. The van der Waals surface area contributed by atoms with Gasteiger partial charge in [-0.2, -0.15) is 5.10 Å². The van der Waals surface area contributed by atoms with Crippen LogP contribution in [0.1, 0.15) is 79.2 Å². The second kappa shape index (κ2) is 9.81. The Bertz CT molecular complexity index is 1130. The van der Waals surface area contributed by atoms with Gasteiger partial charge in [0, 0.05) is 37.5 Å². The molecular formula is C26H35N5O2. The first-order valence-corrected chi connectivity index (χ1v) is 12.2. The Kier molecular flexibility index (Phi) is 6.86. The molecule has 0 aliphatic carbocycles. The van der Waals surface area contributed by atoms with E-state index in [4.69, 9.17) is 10.1 Å². The number of anilines is 1. The molecule has 0 saturated carbocycles. The van der Waals surface area contributed by atoms with E-state index in [1.165, 1.54) is 12.8 Å². The van der Waals surface area contributed by atoms with Gasteiger partial charge in [-0.3, -0.25) is 4.79 Å². The van der Waals surface area contributed by atoms with E-state index >= 15 is 0 Å². The molecule has 0 spiro atoms. The zero-order chi connectivity index (χ0) is 23.5. The number of carbonyl (C=O) groups excluding carboxylic acids is 1. The van der Waals surface area contributed by atoms with Crippen molar-refractivity contribution in [2.24, 2.45) is 0 Å². The van der Waals surface area contributed by atoms with Crippen LogP contribution in [0, 0.1) is 13.8 Å². The van der Waals surface area contributed by atoms with Crippen LogP contribution in [0.15, 0.2) is 30.5 Å². The molecule has 2 saturated heterocycles. The Labute approximate surface area is 196 Å². The Hall–Kier alpha value is -3.09. The standard InChI is InChI=1S/C24H29N5O2.C2H6/c1-16-8-7-9-18(22(16)30)24(31)28-13-4-3-10-20(28)19-14-21-25-23(27-11-5-6-12-27)17(2)15-29(21)26-19;1-2/h7-9,14-15,20,30H,3-6,10-13H2,1-2H3;1-2H3. The minimum Gasteiger partial charge on any atom is -0.507 e. The lowest BCUT2D eigenvalue weighted by atomic mass is 9.97. The molecule has 1 amide bonds. The lowest BCUT2D eigenvalue weighted by molar-refractivity contribution is 0.0602. The van der Waals surface area contributed by atoms with Gasteiger partial charge in [0.15, 0.2) is 5.65 Å². The lowest BCUT2D eigenvalue weighted by Gasteiger charge is -2.35. The SMILES string of the molecule is CC.Cc1cn2nc(C3CCCCN3C(=O)c3cccc(C)c3O)cc2nc1N1CCCC1. The number of phenolic OH excluding ortho intramolecular Hbond substituents is 1. The van der Waals surface area contributed by atoms with Crippen molar-refractivity contribution in [3.63, 3.8) is 0 Å². The number of fused-ring (bicyclic) bond motifs is 1. The largest absolute Gasteiger partial charge is 0.507 e. The first-order valence-electron chi connectivity index (χ1n) is 12.2. The first kappa shape index (κ1) is 23.1. The maximum atomic E-state index is 13.4. The average Bonchev–Trinajstić information content (AvgIpc) is 3.51. The van der Waals surface area contributed by atoms with E-state index in [2.05, 4.69) is 11.8 Å². The minimum atomic E-state index is -0.134. The minimum absolute atomic E-state index is 0.0689. The third kappa shape index (κ3) is 4.41. The van der Waals surface area contributed by atoms with Crippen LogP contribution >= 0.6 is 0 Å². The molecule has 7 heteroatoms. The van der Waals surface area contributed by atoms with Crippen LogP contribution in [0.2, 0.25) is 0 Å². The number of nitrogens with zero attached hydrogens (tertiary/aromatic N) is 5. The van der Waals surface area contributed by atoms with E-state index in [1.54, 1.807) is 6.07 Å². The van der Waals surface area contributed by atoms with E-state index < -0.39 is 0 Å². The molecule has 4 heterocycles. The van der Waals surface area contributed by atoms with E-state index in [9.17, 15) is 9.90 Å². The number of phenols is 1. The first-order chi connectivity index (χ1) is 16.0. The molecule has 2 fully saturated rings. The molecule has 176 valence electrons. The van der Waals surface area contributed by atoms with E-state index in [0.717, 1.165) is 55.1 Å². The number of hydrogen-bond acceptors (Lipinski definition) is 5. The highest BCUT2D eigenvalue weighted by Crippen LogP contribution is 2.34. The van der Waals surface area contributed by atoms with Crippen LogP contribution in [-0.4, -0.2) is 50.1 Å². The van der Waals surface area contributed by atoms with Crippen LogP contribution < -0.4 is 4.90 Å². The van der Waals surface area contributed by atoms with E-state index in [1.807, 2.05) is 54.6 Å². The molecule has 0 bridgehead atoms. The van der Waals surface area contributed by atoms with Crippen LogP contribution in [-0.2, 0) is 0 Å². The summed E-state index contributed by atoms with van der Waals surface area (Å²) in [4.78, 5) is 22.5. The van der Waals surface area contributed by atoms with Crippen molar-refractivity contribution in [3.8, 4) is 5.75 Å². The molecule has 1 unspecified atom stereocenters. The third-order valence-corrected chi connectivity index (χ3v) is 6.60. The number of benzene rings is 1. The Morgan fingerprint density at radius 1 is 1.03 bits per heavy atom. The third-order valence-electron chi connectivity index (χ3n) is 6.60. The summed E-state index contributed by atoms with van der Waals surface area (Å²) < 4.78 is 1.84. The summed E-state index contributed by atoms with van der Waals surface area (Å²) in [7, 11) is 0. The summed E-state index contributed by atoms with van der Waals surface area (Å²) in [5, 5.41) is 15.3. The molecule has 1 aromatic carbocycles. The van der Waals surface area contributed by atoms with E-state index in [0.29, 0.717) is 17.7 Å². The predicted octanol–water partition coefficient (Wildman–Crippen LogP) is 5.05. The number of aryl methyl sites for hydroxylation is 2. The van der Waals surface area contributed by atoms with Crippen molar-refractivity contribution in [1.82, 2.24) is 19.5 Å². The van der Waals surface area contributed by atoms with Crippen LogP contribution in [0.4, 0.5) is 5.82 Å². The fourth-order valence-corrected chi connectivity index (χ4v) is 4.90. The summed E-state index contributed by atoms with van der Waals surface area (Å²) in [5.74, 6) is 0.974. The maximum absolute atomic E-state index is 13.4. The number of rotatable bonds is 3. The van der Waals surface area contributed by atoms with Crippen LogP contribution in [0.25, 0.3) is 5.65 Å². The normalized spacial score (nSPS) is 18.4. The van der Waals surface area contributed by atoms with Gasteiger partial charge in [-0.1, -0.05) is 26.0 Å². The second-order valence-corrected chi connectivity index (χ2v) is 8.79. The van der Waals surface area contributed by atoms with Crippen molar-refractivity contribution in [3.05, 3.63) is 52.8 Å². The number of hydrogen-bond donors (Lipinski definition) is 1. The van der Waals surface area contributed by atoms with Crippen molar-refractivity contribution in [2.75, 3.05) is 24.5 Å². The van der Waals surface area contributed by atoms with Crippen molar-refractivity contribution in [1.29, 1.82) is 0 Å². The average molecular weight is 450 g/mol. The molecule has 0 radical (unpaired) electrons. The molecule has 2 aliphatic rings. The monoisotopic (exact) mass is 449 g/mol. The maximum Gasteiger partial charge on any atom is 0.258 e. The number of para-hydroxylation sites is 1. The summed E-state index contributed by atoms with van der Waals surface area (Å²) in [6, 6.07) is 7.24. The molecule has 3 aromatic rings. The van der Waals surface area contributed by atoms with Gasteiger partial charge in [0.25, 0.3) is 5.91 Å². The zero-order valence-electron chi connectivity index (χ0n) is 20.2. The number of carbonyl (C=O) groups is 1. The van der Waals surface area contributed by atoms with Gasteiger partial charge in [0.05, 0.1) is 17.3 Å². The number of aromatic nitrogens is 3. The van der Waals surface area contributed by atoms with Crippen molar-refractivity contribution >= 4 is 17.4 Å². The molecule has 1 N–H and O–H groups in total. The summed E-state index contributed by atoms with van der Waals surface area (Å²) in [5.41, 5.74) is 3.87. The second-order valence-electron chi connectivity index (χ2n) is 8.79. The van der Waals surface area contributed by atoms with Gasteiger partial charge < -0.3 is 14.9 Å². The summed E-state index contributed by atoms with van der Waals surface area (Å²) in [6.07, 6.45) is 7.33. The molecule has 2 aliphatic heterocycles. The van der Waals surface area contributed by atoms with Crippen molar-refractivity contribution in [2.45, 2.75) is 65.8 Å². The summed E-state index contributed by atoms with van der Waals surface area (Å²) in [6.45, 7) is 10.7. The molecule has 1 atom stereocenters. The Morgan fingerprint density at radius 3 is 2.52 bits per heavy atom. The molecule has 7 nitrogen and oxygen atoms in total. The molecular weight excluding hydrogens is 414 g/mol. The van der Waals surface area contributed by atoms with E-state index in [-0.39, 0.29) is 17.7 Å². The number of aromatic hydroxyl groups is 1. The topological polar surface area (TPSA) is 74.0 Å². The highest BCUT2D eigenvalue weighted by Gasteiger charge is 2.32. The quantitative estimate of drug-likeness (QED) is 0.606. The molecule has 33 heavy (non-hydrogen) atoms. The number of likely N-dealkylation sites (tertiary alicyclic amines) is 1. The number of piperidine rings is 1. The Balaban J connectivity index is 0.00000126. The van der Waals surface area contributed by atoms with Crippen LogP contribution in [0.5, 0.6) is 5.75 Å². The predicted molar refractivity (Wildman–Crippen MR) is 131 cm³/mol. The molecule has 5 rings (SSSR count). The van der Waals surface area contributed by atoms with Gasteiger partial charge in [0.1, 0.15) is 11.6 Å². The molecule has 2 aromatic heterocycles. The highest BCUT2D eigenvalue weighted by atomic mass is 16.3. The van der Waals surface area contributed by atoms with Gasteiger partial charge in [-0.15, -0.1) is 0 Å². The van der Waals surface area contributed by atoms with Gasteiger partial charge >= 0.3 is 0 Å². The number of amides is 1. The summed E-state index contributed by atoms with van der Waals surface area (Å²) >= 11 is 0. The van der Waals surface area contributed by atoms with Gasteiger partial charge in [-0.25, -0.2) is 9.50 Å². The highest BCUT2D eigenvalue weighted by molar-refractivity contribution is 5.97. The van der Waals surface area contributed by atoms with Crippen LogP contribution in [0.3, 0.4) is 0 Å². The van der Waals surface area contributed by atoms with Gasteiger partial charge in [-0.05, 0) is 57.6 Å². The van der Waals surface area contributed by atoms with Crippen molar-refractivity contribution < 1.29 is 9.90 Å². The fraction of sp³-hybridized carbons (Fsp3) is 0.500. The van der Waals surface area contributed by atoms with Gasteiger partial charge in [0.2, 0.25) is 0 Å². The lowest BCUT2D eigenvalue weighted by Crippen LogP contribution is -2.38. The smallest absolute Gasteiger partial charge is 0.258 e. The fourth-order valence-electron chi connectivity index (χ4n) is 4.90. The zero-order valence-corrected chi connectivity index (χ0v) is 20.2.